The maximum atomic E-state index is 13.9. The van der Waals surface area contributed by atoms with Gasteiger partial charge in [-0.2, -0.15) is 0 Å². The van der Waals surface area contributed by atoms with Gasteiger partial charge in [-0.1, -0.05) is 12.1 Å². The summed E-state index contributed by atoms with van der Waals surface area (Å²) in [5.41, 5.74) is 1.45. The lowest BCUT2D eigenvalue weighted by molar-refractivity contribution is 0.488. The summed E-state index contributed by atoms with van der Waals surface area (Å²) in [7, 11) is 1.75. The highest BCUT2D eigenvalue weighted by Crippen LogP contribution is 2.33. The highest BCUT2D eigenvalue weighted by Gasteiger charge is 2.21. The van der Waals surface area contributed by atoms with E-state index in [-0.39, 0.29) is 6.04 Å². The molecule has 0 fully saturated rings. The lowest BCUT2D eigenvalue weighted by atomic mass is 10.0. The van der Waals surface area contributed by atoms with Gasteiger partial charge in [-0.05, 0) is 38.6 Å². The first-order chi connectivity index (χ1) is 8.54. The van der Waals surface area contributed by atoms with Crippen molar-refractivity contribution in [3.63, 3.8) is 0 Å². The third kappa shape index (κ3) is 2.31. The zero-order valence-corrected chi connectivity index (χ0v) is 11.4. The molecule has 0 amide bonds. The summed E-state index contributed by atoms with van der Waals surface area (Å²) < 4.78 is 27.2. The summed E-state index contributed by atoms with van der Waals surface area (Å²) in [6.07, 6.45) is 0. The summed E-state index contributed by atoms with van der Waals surface area (Å²) in [6, 6.07) is 6.04. The van der Waals surface area contributed by atoms with E-state index in [9.17, 15) is 8.78 Å². The molecule has 0 aliphatic heterocycles. The molecule has 1 unspecified atom stereocenters. The molecule has 0 saturated heterocycles. The fourth-order valence-electron chi connectivity index (χ4n) is 2.12. The summed E-state index contributed by atoms with van der Waals surface area (Å²) in [4.78, 5) is 2.19. The minimum absolute atomic E-state index is 0.306. The molecule has 2 rings (SSSR count). The maximum Gasteiger partial charge on any atom is 0.163 e. The van der Waals surface area contributed by atoms with E-state index in [1.54, 1.807) is 24.5 Å². The third-order valence-electron chi connectivity index (χ3n) is 2.92. The second-order valence-corrected chi connectivity index (χ2v) is 5.56. The topological polar surface area (TPSA) is 12.0 Å². The molecule has 2 aromatic rings. The summed E-state index contributed by atoms with van der Waals surface area (Å²) >= 11 is 1.60. The fraction of sp³-hybridized carbons (Fsp3) is 0.286. The van der Waals surface area contributed by atoms with Crippen molar-refractivity contribution in [1.29, 1.82) is 0 Å². The van der Waals surface area contributed by atoms with E-state index in [1.165, 1.54) is 10.9 Å². The normalized spacial score (nSPS) is 12.7. The van der Waals surface area contributed by atoms with Crippen LogP contribution in [0.1, 0.15) is 26.9 Å². The second-order valence-electron chi connectivity index (χ2n) is 4.27. The maximum absolute atomic E-state index is 13.9. The summed E-state index contributed by atoms with van der Waals surface area (Å²) in [6.45, 7) is 4.00. The van der Waals surface area contributed by atoms with Crippen molar-refractivity contribution in [3.05, 3.63) is 56.8 Å². The van der Waals surface area contributed by atoms with Crippen molar-refractivity contribution in [2.75, 3.05) is 7.05 Å². The van der Waals surface area contributed by atoms with Gasteiger partial charge in [0, 0.05) is 15.3 Å². The molecule has 1 nitrogen and oxygen atoms in total. The van der Waals surface area contributed by atoms with Gasteiger partial charge in [0.05, 0.1) is 6.04 Å². The van der Waals surface area contributed by atoms with Gasteiger partial charge in [-0.3, -0.25) is 0 Å². The minimum atomic E-state index is -0.807. The Morgan fingerprint density at radius 1 is 1.22 bits per heavy atom. The van der Waals surface area contributed by atoms with Crippen molar-refractivity contribution >= 4 is 11.3 Å². The van der Waals surface area contributed by atoms with Crippen LogP contribution in [0.25, 0.3) is 0 Å². The number of thiophene rings is 1. The Balaban J connectivity index is 2.52. The van der Waals surface area contributed by atoms with Crippen LogP contribution in [0, 0.1) is 25.5 Å². The van der Waals surface area contributed by atoms with Crippen LogP contribution in [0.2, 0.25) is 0 Å². The van der Waals surface area contributed by atoms with Gasteiger partial charge in [0.1, 0.15) is 0 Å². The second kappa shape index (κ2) is 5.16. The number of nitrogens with one attached hydrogen (secondary N) is 1. The third-order valence-corrected chi connectivity index (χ3v) is 4.14. The lowest BCUT2D eigenvalue weighted by Crippen LogP contribution is -2.19. The molecule has 18 heavy (non-hydrogen) atoms. The van der Waals surface area contributed by atoms with Crippen LogP contribution in [0.15, 0.2) is 24.3 Å². The van der Waals surface area contributed by atoms with Crippen LogP contribution in [0.3, 0.4) is 0 Å². The van der Waals surface area contributed by atoms with Crippen molar-refractivity contribution in [3.8, 4) is 0 Å². The van der Waals surface area contributed by atoms with E-state index in [0.717, 1.165) is 16.5 Å². The van der Waals surface area contributed by atoms with Gasteiger partial charge in [-0.25, -0.2) is 8.78 Å². The van der Waals surface area contributed by atoms with Crippen molar-refractivity contribution in [2.45, 2.75) is 19.9 Å². The molecule has 0 aliphatic rings. The molecule has 1 aromatic heterocycles. The predicted molar refractivity (Wildman–Crippen MR) is 71.1 cm³/mol. The summed E-state index contributed by atoms with van der Waals surface area (Å²) in [5.74, 6) is -1.58. The van der Waals surface area contributed by atoms with Gasteiger partial charge < -0.3 is 5.32 Å². The Hall–Kier alpha value is -1.26. The van der Waals surface area contributed by atoms with Crippen LogP contribution >= 0.6 is 11.3 Å². The van der Waals surface area contributed by atoms with E-state index in [0.29, 0.717) is 5.56 Å². The van der Waals surface area contributed by atoms with Gasteiger partial charge in [-0.15, -0.1) is 11.3 Å². The average molecular weight is 267 g/mol. The molecule has 0 spiro atoms. The van der Waals surface area contributed by atoms with Crippen molar-refractivity contribution in [1.82, 2.24) is 5.32 Å². The zero-order chi connectivity index (χ0) is 13.3. The van der Waals surface area contributed by atoms with Gasteiger partial charge >= 0.3 is 0 Å². The molecule has 1 heterocycles. The van der Waals surface area contributed by atoms with Gasteiger partial charge in [0.25, 0.3) is 0 Å². The minimum Gasteiger partial charge on any atom is -0.309 e. The van der Waals surface area contributed by atoms with Crippen LogP contribution in [-0.4, -0.2) is 7.05 Å². The van der Waals surface area contributed by atoms with E-state index in [1.807, 2.05) is 13.8 Å². The number of rotatable bonds is 3. The molecule has 4 heteroatoms. The van der Waals surface area contributed by atoms with E-state index in [4.69, 9.17) is 0 Å². The molecular formula is C14H15F2NS. The Labute approximate surface area is 109 Å². The molecule has 0 aliphatic carbocycles. The van der Waals surface area contributed by atoms with Crippen molar-refractivity contribution < 1.29 is 8.78 Å². The molecule has 96 valence electrons. The molecule has 1 N–H and O–H groups in total. The molecule has 1 atom stereocenters. The quantitative estimate of drug-likeness (QED) is 0.887. The molecular weight excluding hydrogens is 252 g/mol. The number of benzene rings is 1. The standard InChI is InChI=1S/C14H15F2NS/c1-8-7-9(2)18-14(8)13(17-3)10-5-4-6-11(15)12(10)16/h4-7,13,17H,1-3H3. The molecule has 0 bridgehead atoms. The highest BCUT2D eigenvalue weighted by molar-refractivity contribution is 7.12. The first kappa shape index (κ1) is 13.2. The Bertz CT molecular complexity index is 563. The Morgan fingerprint density at radius 2 is 1.94 bits per heavy atom. The monoisotopic (exact) mass is 267 g/mol. The van der Waals surface area contributed by atoms with E-state index in [2.05, 4.69) is 11.4 Å². The SMILES string of the molecule is CNC(c1cccc(F)c1F)c1sc(C)cc1C. The number of hydrogen-bond acceptors (Lipinski definition) is 2. The number of halogens is 2. The highest BCUT2D eigenvalue weighted by atomic mass is 32.1. The van der Waals surface area contributed by atoms with E-state index >= 15 is 0 Å². The number of hydrogen-bond donors (Lipinski definition) is 1. The van der Waals surface area contributed by atoms with Gasteiger partial charge in [0.15, 0.2) is 11.6 Å². The number of aryl methyl sites for hydroxylation is 2. The summed E-state index contributed by atoms with van der Waals surface area (Å²) in [5, 5.41) is 3.06. The predicted octanol–water partition coefficient (Wildman–Crippen LogP) is 3.95. The fourth-order valence-corrected chi connectivity index (χ4v) is 3.28. The van der Waals surface area contributed by atoms with Gasteiger partial charge in [0.2, 0.25) is 0 Å². The average Bonchev–Trinajstić information content (AvgIpc) is 2.65. The van der Waals surface area contributed by atoms with Crippen molar-refractivity contribution in [2.24, 2.45) is 0 Å². The lowest BCUT2D eigenvalue weighted by Gasteiger charge is -2.17. The Kier molecular flexibility index (Phi) is 3.78. The Morgan fingerprint density at radius 3 is 2.50 bits per heavy atom. The zero-order valence-electron chi connectivity index (χ0n) is 10.6. The van der Waals surface area contributed by atoms with Crippen LogP contribution in [0.4, 0.5) is 8.78 Å². The van der Waals surface area contributed by atoms with E-state index < -0.39 is 11.6 Å². The van der Waals surface area contributed by atoms with Crippen LogP contribution < -0.4 is 5.32 Å². The van der Waals surface area contributed by atoms with Crippen LogP contribution in [-0.2, 0) is 0 Å². The molecule has 0 saturated carbocycles. The molecule has 0 radical (unpaired) electrons. The first-order valence-corrected chi connectivity index (χ1v) is 6.54. The largest absolute Gasteiger partial charge is 0.309 e. The first-order valence-electron chi connectivity index (χ1n) is 5.72. The smallest absolute Gasteiger partial charge is 0.163 e. The van der Waals surface area contributed by atoms with Crippen LogP contribution in [0.5, 0.6) is 0 Å². The molecule has 1 aromatic carbocycles.